The average molecular weight is 400 g/mol. The number of aromatic amines is 1. The van der Waals surface area contributed by atoms with Crippen LogP contribution in [0.5, 0.6) is 0 Å². The van der Waals surface area contributed by atoms with E-state index in [9.17, 15) is 9.18 Å². The van der Waals surface area contributed by atoms with Crippen molar-refractivity contribution >= 4 is 5.91 Å². The van der Waals surface area contributed by atoms with Crippen molar-refractivity contribution in [2.75, 3.05) is 26.2 Å². The molecule has 156 valence electrons. The van der Waals surface area contributed by atoms with Gasteiger partial charge in [0, 0.05) is 30.6 Å². The van der Waals surface area contributed by atoms with Gasteiger partial charge in [-0.15, -0.1) is 0 Å². The van der Waals surface area contributed by atoms with Crippen molar-refractivity contribution < 1.29 is 13.9 Å². The van der Waals surface area contributed by atoms with Crippen LogP contribution in [-0.2, 0) is 23.3 Å². The Bertz CT molecular complexity index is 887. The Hall–Kier alpha value is -2.25. The number of H-pyrrole nitrogens is 1. The summed E-state index contributed by atoms with van der Waals surface area (Å²) in [6.45, 7) is 10.4. The molecule has 0 bridgehead atoms. The minimum Gasteiger partial charge on any atom is -0.376 e. The molecule has 3 heterocycles. The second kappa shape index (κ2) is 7.54. The number of hydrogen-bond donors (Lipinski definition) is 2. The molecule has 2 aromatic rings. The summed E-state index contributed by atoms with van der Waals surface area (Å²) in [5.74, 6) is -0.370. The molecular formula is C22H29FN4O2. The van der Waals surface area contributed by atoms with E-state index in [4.69, 9.17) is 4.74 Å². The van der Waals surface area contributed by atoms with E-state index in [0.29, 0.717) is 25.5 Å². The van der Waals surface area contributed by atoms with E-state index in [1.807, 2.05) is 12.1 Å². The van der Waals surface area contributed by atoms with Gasteiger partial charge in [0.1, 0.15) is 5.82 Å². The summed E-state index contributed by atoms with van der Waals surface area (Å²) in [6.07, 6.45) is 0.937. The average Bonchev–Trinajstić information content (AvgIpc) is 3.27. The predicted molar refractivity (Wildman–Crippen MR) is 108 cm³/mol. The molecule has 7 heteroatoms. The smallest absolute Gasteiger partial charge is 0.272 e. The van der Waals surface area contributed by atoms with Crippen LogP contribution in [0.2, 0.25) is 0 Å². The summed E-state index contributed by atoms with van der Waals surface area (Å²) < 4.78 is 19.1. The Morgan fingerprint density at radius 1 is 1.34 bits per heavy atom. The molecule has 1 unspecified atom stereocenters. The van der Waals surface area contributed by atoms with Gasteiger partial charge in [0.15, 0.2) is 5.69 Å². The number of fused-ring (bicyclic) bond motifs is 2. The Balaban J connectivity index is 1.49. The minimum atomic E-state index is -0.216. The van der Waals surface area contributed by atoms with Gasteiger partial charge in [0.2, 0.25) is 0 Å². The van der Waals surface area contributed by atoms with Crippen LogP contribution in [0.1, 0.15) is 54.5 Å². The van der Waals surface area contributed by atoms with Gasteiger partial charge < -0.3 is 10.1 Å². The minimum absolute atomic E-state index is 0.00998. The van der Waals surface area contributed by atoms with Gasteiger partial charge in [0.05, 0.1) is 18.9 Å². The molecular weight excluding hydrogens is 371 g/mol. The number of amides is 1. The molecule has 6 nitrogen and oxygen atoms in total. The van der Waals surface area contributed by atoms with Gasteiger partial charge in [-0.3, -0.25) is 14.8 Å². The first-order valence-corrected chi connectivity index (χ1v) is 10.2. The fourth-order valence-electron chi connectivity index (χ4n) is 4.25. The van der Waals surface area contributed by atoms with E-state index in [2.05, 4.69) is 41.2 Å². The molecule has 1 spiro atoms. The molecule has 1 saturated heterocycles. The third-order valence-corrected chi connectivity index (χ3v) is 5.77. The van der Waals surface area contributed by atoms with Crippen molar-refractivity contribution in [3.8, 4) is 0 Å². The summed E-state index contributed by atoms with van der Waals surface area (Å²) in [5, 5.41) is 10.5. The highest BCUT2D eigenvalue weighted by Gasteiger charge is 2.46. The largest absolute Gasteiger partial charge is 0.376 e. The maximum atomic E-state index is 13.2. The standard InChI is InChI=1S/C22H29FN4O2/c1-21(2,3)12-24-20(28)18-17-11-29-14-22(19(17)26-25-18)8-9-27(13-22)10-15-4-6-16(23)7-5-15/h4-7H,8-14H2,1-3H3,(H,24,28)(H,25,26). The van der Waals surface area contributed by atoms with Crippen molar-refractivity contribution in [1.82, 2.24) is 20.4 Å². The maximum absolute atomic E-state index is 13.2. The normalized spacial score (nSPS) is 22.1. The second-order valence-electron chi connectivity index (χ2n) is 9.53. The number of hydrogen-bond acceptors (Lipinski definition) is 4. The number of nitrogens with one attached hydrogen (secondary N) is 2. The molecule has 0 aliphatic carbocycles. The number of carbonyl (C=O) groups is 1. The zero-order valence-electron chi connectivity index (χ0n) is 17.3. The van der Waals surface area contributed by atoms with Crippen LogP contribution in [-0.4, -0.2) is 47.2 Å². The van der Waals surface area contributed by atoms with Crippen molar-refractivity contribution in [3.05, 3.63) is 52.6 Å². The lowest BCUT2D eigenvalue weighted by atomic mass is 9.80. The first-order valence-electron chi connectivity index (χ1n) is 10.2. The molecule has 2 aliphatic rings. The van der Waals surface area contributed by atoms with Gasteiger partial charge in [-0.05, 0) is 36.1 Å². The van der Waals surface area contributed by atoms with Crippen LogP contribution >= 0.6 is 0 Å². The SMILES string of the molecule is CC(C)(C)CNC(=O)c1n[nH]c2c1COCC21CCN(Cc2ccc(F)cc2)C1. The fraction of sp³-hybridized carbons (Fsp3) is 0.545. The van der Waals surface area contributed by atoms with Gasteiger partial charge in [-0.1, -0.05) is 32.9 Å². The van der Waals surface area contributed by atoms with Gasteiger partial charge in [-0.2, -0.15) is 5.10 Å². The predicted octanol–water partition coefficient (Wildman–Crippen LogP) is 3.00. The van der Waals surface area contributed by atoms with E-state index >= 15 is 0 Å². The Morgan fingerprint density at radius 2 is 2.10 bits per heavy atom. The highest BCUT2D eigenvalue weighted by atomic mass is 19.1. The van der Waals surface area contributed by atoms with E-state index in [1.165, 1.54) is 12.1 Å². The molecule has 1 aromatic carbocycles. The molecule has 1 fully saturated rings. The number of carbonyl (C=O) groups excluding carboxylic acids is 1. The summed E-state index contributed by atoms with van der Waals surface area (Å²) in [7, 11) is 0. The molecule has 2 N–H and O–H groups in total. The molecule has 29 heavy (non-hydrogen) atoms. The third-order valence-electron chi connectivity index (χ3n) is 5.77. The lowest BCUT2D eigenvalue weighted by Gasteiger charge is -2.33. The summed E-state index contributed by atoms with van der Waals surface area (Å²) >= 11 is 0. The highest BCUT2D eigenvalue weighted by Crippen LogP contribution is 2.40. The van der Waals surface area contributed by atoms with E-state index in [-0.39, 0.29) is 22.6 Å². The second-order valence-corrected chi connectivity index (χ2v) is 9.53. The summed E-state index contributed by atoms with van der Waals surface area (Å²) in [5.41, 5.74) is 3.28. The van der Waals surface area contributed by atoms with Crippen LogP contribution in [0.4, 0.5) is 4.39 Å². The Labute approximate surface area is 170 Å². The highest BCUT2D eigenvalue weighted by molar-refractivity contribution is 5.94. The molecule has 0 saturated carbocycles. The van der Waals surface area contributed by atoms with Crippen molar-refractivity contribution in [2.24, 2.45) is 5.41 Å². The number of aromatic nitrogens is 2. The topological polar surface area (TPSA) is 70.2 Å². The molecule has 2 aliphatic heterocycles. The molecule has 4 rings (SSSR count). The first kappa shape index (κ1) is 20.0. The lowest BCUT2D eigenvalue weighted by Crippen LogP contribution is -2.40. The van der Waals surface area contributed by atoms with Crippen LogP contribution < -0.4 is 5.32 Å². The zero-order chi connectivity index (χ0) is 20.6. The van der Waals surface area contributed by atoms with Gasteiger partial charge in [-0.25, -0.2) is 4.39 Å². The maximum Gasteiger partial charge on any atom is 0.272 e. The van der Waals surface area contributed by atoms with Crippen molar-refractivity contribution in [2.45, 2.75) is 45.8 Å². The van der Waals surface area contributed by atoms with Crippen LogP contribution in [0, 0.1) is 11.2 Å². The van der Waals surface area contributed by atoms with Gasteiger partial charge >= 0.3 is 0 Å². The fourth-order valence-corrected chi connectivity index (χ4v) is 4.25. The Morgan fingerprint density at radius 3 is 2.83 bits per heavy atom. The van der Waals surface area contributed by atoms with Crippen molar-refractivity contribution in [1.29, 1.82) is 0 Å². The van der Waals surface area contributed by atoms with Crippen LogP contribution in [0.3, 0.4) is 0 Å². The molecule has 0 radical (unpaired) electrons. The first-order chi connectivity index (χ1) is 13.8. The van der Waals surface area contributed by atoms with E-state index < -0.39 is 0 Å². The van der Waals surface area contributed by atoms with E-state index in [0.717, 1.165) is 42.9 Å². The number of rotatable bonds is 4. The van der Waals surface area contributed by atoms with Crippen molar-refractivity contribution in [3.63, 3.8) is 0 Å². The third kappa shape index (κ3) is 4.21. The lowest BCUT2D eigenvalue weighted by molar-refractivity contribution is 0.0509. The molecule has 1 aromatic heterocycles. The molecule has 1 amide bonds. The monoisotopic (exact) mass is 400 g/mol. The van der Waals surface area contributed by atoms with Crippen LogP contribution in [0.15, 0.2) is 24.3 Å². The number of benzene rings is 1. The quantitative estimate of drug-likeness (QED) is 0.828. The summed E-state index contributed by atoms with van der Waals surface area (Å²) in [6, 6.07) is 6.66. The number of ether oxygens (including phenoxy) is 1. The number of nitrogens with zero attached hydrogens (tertiary/aromatic N) is 2. The number of likely N-dealkylation sites (tertiary alicyclic amines) is 1. The van der Waals surface area contributed by atoms with E-state index in [1.54, 1.807) is 0 Å². The Kier molecular flexibility index (Phi) is 5.21. The van der Waals surface area contributed by atoms with Crippen LogP contribution in [0.25, 0.3) is 0 Å². The van der Waals surface area contributed by atoms with Gasteiger partial charge in [0.25, 0.3) is 5.91 Å². The summed E-state index contributed by atoms with van der Waals surface area (Å²) in [4.78, 5) is 15.0. The number of halogens is 1. The molecule has 1 atom stereocenters. The zero-order valence-corrected chi connectivity index (χ0v) is 17.3.